The largest absolute Gasteiger partial charge is 0.360 e. The quantitative estimate of drug-likeness (QED) is 0.755. The summed E-state index contributed by atoms with van der Waals surface area (Å²) in [4.78, 5) is 24.1. The first-order valence-electron chi connectivity index (χ1n) is 7.59. The summed E-state index contributed by atoms with van der Waals surface area (Å²) in [7, 11) is 0. The van der Waals surface area contributed by atoms with Crippen molar-refractivity contribution < 1.29 is 9.32 Å². The van der Waals surface area contributed by atoms with E-state index in [4.69, 9.17) is 16.1 Å². The van der Waals surface area contributed by atoms with E-state index in [1.54, 1.807) is 37.3 Å². The smallest absolute Gasteiger partial charge is 0.266 e. The highest BCUT2D eigenvalue weighted by molar-refractivity contribution is 6.33. The lowest BCUT2D eigenvalue weighted by molar-refractivity contribution is 0.0950. The molecule has 1 N–H and O–H groups in total. The Kier molecular flexibility index (Phi) is 4.95. The number of carbonyl (C=O) groups excluding carboxylic acids is 1. The van der Waals surface area contributed by atoms with Gasteiger partial charge in [0.25, 0.3) is 11.5 Å². The Morgan fingerprint density at radius 3 is 2.84 bits per heavy atom. The Morgan fingerprint density at radius 2 is 2.08 bits per heavy atom. The van der Waals surface area contributed by atoms with Crippen LogP contribution in [0.4, 0.5) is 0 Å². The van der Waals surface area contributed by atoms with Crippen LogP contribution in [0.1, 0.15) is 16.1 Å². The van der Waals surface area contributed by atoms with Gasteiger partial charge in [0.05, 0.1) is 11.6 Å². The molecule has 0 atom stereocenters. The molecule has 3 rings (SSSR count). The van der Waals surface area contributed by atoms with Gasteiger partial charge in [0.15, 0.2) is 0 Å². The molecule has 128 valence electrons. The molecule has 25 heavy (non-hydrogen) atoms. The topological polar surface area (TPSA) is 90.0 Å². The zero-order valence-corrected chi connectivity index (χ0v) is 14.2. The van der Waals surface area contributed by atoms with Gasteiger partial charge in [-0.2, -0.15) is 5.10 Å². The van der Waals surface area contributed by atoms with Gasteiger partial charge < -0.3 is 9.84 Å². The zero-order chi connectivity index (χ0) is 17.8. The first-order valence-corrected chi connectivity index (χ1v) is 7.97. The molecule has 3 aromatic rings. The van der Waals surface area contributed by atoms with E-state index in [0.29, 0.717) is 27.6 Å². The molecule has 0 unspecified atom stereocenters. The van der Waals surface area contributed by atoms with Crippen LogP contribution >= 0.6 is 11.6 Å². The molecule has 0 aliphatic heterocycles. The molecule has 0 bridgehead atoms. The van der Waals surface area contributed by atoms with E-state index in [2.05, 4.69) is 15.6 Å². The summed E-state index contributed by atoms with van der Waals surface area (Å²) in [6, 6.07) is 10.1. The van der Waals surface area contributed by atoms with E-state index < -0.39 is 0 Å². The van der Waals surface area contributed by atoms with Crippen LogP contribution in [-0.4, -0.2) is 27.4 Å². The van der Waals surface area contributed by atoms with Gasteiger partial charge in [0, 0.05) is 24.4 Å². The van der Waals surface area contributed by atoms with Crippen molar-refractivity contribution in [1.29, 1.82) is 0 Å². The normalized spacial score (nSPS) is 10.6. The molecular weight excluding hydrogens is 344 g/mol. The van der Waals surface area contributed by atoms with E-state index in [1.165, 1.54) is 16.9 Å². The summed E-state index contributed by atoms with van der Waals surface area (Å²) in [5.41, 5.74) is 1.10. The second-order valence-corrected chi connectivity index (χ2v) is 5.69. The van der Waals surface area contributed by atoms with Crippen LogP contribution in [0, 0.1) is 6.92 Å². The summed E-state index contributed by atoms with van der Waals surface area (Å²) in [6.07, 6.45) is 1.52. The van der Waals surface area contributed by atoms with Gasteiger partial charge in [-0.05, 0) is 19.1 Å². The van der Waals surface area contributed by atoms with E-state index >= 15 is 0 Å². The van der Waals surface area contributed by atoms with Gasteiger partial charge in [-0.25, -0.2) is 4.68 Å². The highest BCUT2D eigenvalue weighted by Crippen LogP contribution is 2.30. The second kappa shape index (κ2) is 7.31. The standard InChI is InChI=1S/C17H15ClN4O3/c1-11-15(16(21-25-11)12-5-2-3-6-13(12)18)17(24)19-9-10-22-14(23)7-4-8-20-22/h2-8H,9-10H2,1H3,(H,19,24). The van der Waals surface area contributed by atoms with Gasteiger partial charge in [-0.1, -0.05) is 35.0 Å². The molecule has 1 amide bonds. The summed E-state index contributed by atoms with van der Waals surface area (Å²) in [6.45, 7) is 2.16. The van der Waals surface area contributed by atoms with Crippen molar-refractivity contribution in [3.63, 3.8) is 0 Å². The van der Waals surface area contributed by atoms with Gasteiger partial charge in [-0.15, -0.1) is 0 Å². The molecule has 8 heteroatoms. The number of halogens is 1. The summed E-state index contributed by atoms with van der Waals surface area (Å²) >= 11 is 6.19. The fourth-order valence-corrected chi connectivity index (χ4v) is 2.62. The van der Waals surface area contributed by atoms with Crippen molar-refractivity contribution in [2.24, 2.45) is 0 Å². The van der Waals surface area contributed by atoms with Crippen LogP contribution in [0.2, 0.25) is 5.02 Å². The van der Waals surface area contributed by atoms with Crippen molar-refractivity contribution in [1.82, 2.24) is 20.3 Å². The predicted molar refractivity (Wildman–Crippen MR) is 92.5 cm³/mol. The highest BCUT2D eigenvalue weighted by atomic mass is 35.5. The minimum Gasteiger partial charge on any atom is -0.360 e. The van der Waals surface area contributed by atoms with Crippen molar-refractivity contribution >= 4 is 17.5 Å². The summed E-state index contributed by atoms with van der Waals surface area (Å²) < 4.78 is 6.45. The molecule has 0 radical (unpaired) electrons. The number of nitrogens with one attached hydrogen (secondary N) is 1. The number of rotatable bonds is 5. The Morgan fingerprint density at radius 1 is 1.28 bits per heavy atom. The first-order chi connectivity index (χ1) is 12.1. The molecule has 0 spiro atoms. The third-order valence-corrected chi connectivity index (χ3v) is 3.94. The average Bonchev–Trinajstić information content (AvgIpc) is 2.98. The maximum atomic E-state index is 12.5. The number of nitrogens with zero attached hydrogens (tertiary/aromatic N) is 3. The Hall–Kier alpha value is -2.93. The molecule has 2 aromatic heterocycles. The van der Waals surface area contributed by atoms with Crippen LogP contribution in [-0.2, 0) is 6.54 Å². The minimum atomic E-state index is -0.349. The predicted octanol–water partition coefficient (Wildman–Crippen LogP) is 2.29. The van der Waals surface area contributed by atoms with Gasteiger partial charge in [-0.3, -0.25) is 9.59 Å². The molecule has 0 fully saturated rings. The van der Waals surface area contributed by atoms with Crippen molar-refractivity contribution in [2.45, 2.75) is 13.5 Å². The first kappa shape index (κ1) is 16.9. The third-order valence-electron chi connectivity index (χ3n) is 3.61. The zero-order valence-electron chi connectivity index (χ0n) is 13.4. The number of hydrogen-bond acceptors (Lipinski definition) is 5. The third kappa shape index (κ3) is 3.61. The maximum absolute atomic E-state index is 12.5. The number of carbonyl (C=O) groups is 1. The lowest BCUT2D eigenvalue weighted by Gasteiger charge is -2.07. The monoisotopic (exact) mass is 358 g/mol. The number of hydrogen-bond donors (Lipinski definition) is 1. The lowest BCUT2D eigenvalue weighted by atomic mass is 10.1. The molecule has 0 aliphatic carbocycles. The molecular formula is C17H15ClN4O3. The van der Waals surface area contributed by atoms with Gasteiger partial charge in [0.1, 0.15) is 17.0 Å². The second-order valence-electron chi connectivity index (χ2n) is 5.28. The van der Waals surface area contributed by atoms with Crippen LogP contribution in [0.5, 0.6) is 0 Å². The van der Waals surface area contributed by atoms with Crippen LogP contribution in [0.25, 0.3) is 11.3 Å². The molecule has 0 aliphatic rings. The molecule has 7 nitrogen and oxygen atoms in total. The average molecular weight is 359 g/mol. The Balaban J connectivity index is 1.77. The molecule has 0 saturated carbocycles. The van der Waals surface area contributed by atoms with Crippen LogP contribution < -0.4 is 10.9 Å². The van der Waals surface area contributed by atoms with E-state index in [9.17, 15) is 9.59 Å². The Labute approximate surface area is 148 Å². The lowest BCUT2D eigenvalue weighted by Crippen LogP contribution is -2.31. The minimum absolute atomic E-state index is 0.227. The summed E-state index contributed by atoms with van der Waals surface area (Å²) in [5.74, 6) is 0.0417. The van der Waals surface area contributed by atoms with E-state index in [-0.39, 0.29) is 24.6 Å². The van der Waals surface area contributed by atoms with Crippen LogP contribution in [0.15, 0.2) is 51.9 Å². The number of aryl methyl sites for hydroxylation is 1. The van der Waals surface area contributed by atoms with Crippen molar-refractivity contribution in [2.75, 3.05) is 6.54 Å². The number of amides is 1. The van der Waals surface area contributed by atoms with E-state index in [1.807, 2.05) is 0 Å². The fourth-order valence-electron chi connectivity index (χ4n) is 2.40. The SMILES string of the molecule is Cc1onc(-c2ccccc2Cl)c1C(=O)NCCn1ncccc1=O. The molecule has 2 heterocycles. The highest BCUT2D eigenvalue weighted by Gasteiger charge is 2.22. The maximum Gasteiger partial charge on any atom is 0.266 e. The fraction of sp³-hybridized carbons (Fsp3) is 0.176. The van der Waals surface area contributed by atoms with Gasteiger partial charge >= 0.3 is 0 Å². The van der Waals surface area contributed by atoms with Crippen molar-refractivity contribution in [3.05, 3.63) is 69.3 Å². The number of aromatic nitrogens is 3. The van der Waals surface area contributed by atoms with Crippen molar-refractivity contribution in [3.8, 4) is 11.3 Å². The molecule has 1 aromatic carbocycles. The summed E-state index contributed by atoms with van der Waals surface area (Å²) in [5, 5.41) is 11.1. The molecule has 0 saturated heterocycles. The van der Waals surface area contributed by atoms with Crippen LogP contribution in [0.3, 0.4) is 0 Å². The number of benzene rings is 1. The van der Waals surface area contributed by atoms with E-state index in [0.717, 1.165) is 0 Å². The van der Waals surface area contributed by atoms with Gasteiger partial charge in [0.2, 0.25) is 0 Å². The Bertz CT molecular complexity index is 964.